The fourth-order valence-electron chi connectivity index (χ4n) is 4.41. The monoisotopic (exact) mass is 475 g/mol. The third-order valence-corrected chi connectivity index (χ3v) is 6.14. The summed E-state index contributed by atoms with van der Waals surface area (Å²) in [5.41, 5.74) is 5.26. The number of hydrogen-bond donors (Lipinski definition) is 3. The van der Waals surface area contributed by atoms with Crippen LogP contribution in [-0.4, -0.2) is 28.7 Å². The van der Waals surface area contributed by atoms with E-state index in [1.54, 1.807) is 31.2 Å². The number of amides is 1. The number of carbonyl (C=O) groups excluding carboxylic acids is 2. The van der Waals surface area contributed by atoms with Crippen molar-refractivity contribution in [3.63, 3.8) is 0 Å². The summed E-state index contributed by atoms with van der Waals surface area (Å²) in [6.45, 7) is 3.70. The highest BCUT2D eigenvalue weighted by Crippen LogP contribution is 2.41. The Kier molecular flexibility index (Phi) is 7.25. The van der Waals surface area contributed by atoms with Gasteiger partial charge < -0.3 is 25.0 Å². The molecule has 0 bridgehead atoms. The molecule has 0 aliphatic heterocycles. The van der Waals surface area contributed by atoms with Crippen molar-refractivity contribution in [3.8, 4) is 23.0 Å². The zero-order valence-corrected chi connectivity index (χ0v) is 19.9. The summed E-state index contributed by atoms with van der Waals surface area (Å²) >= 11 is 0. The van der Waals surface area contributed by atoms with Gasteiger partial charge in [-0.15, -0.1) is 0 Å². The van der Waals surface area contributed by atoms with Crippen LogP contribution >= 0.6 is 0 Å². The number of carbonyl (C=O) groups is 2. The largest absolute Gasteiger partial charge is 0.508 e. The maximum absolute atomic E-state index is 12.2. The van der Waals surface area contributed by atoms with Crippen LogP contribution in [0.3, 0.4) is 0 Å². The van der Waals surface area contributed by atoms with Crippen LogP contribution in [0, 0.1) is 6.92 Å². The lowest BCUT2D eigenvalue weighted by molar-refractivity contribution is -0.152. The van der Waals surface area contributed by atoms with E-state index in [0.717, 1.165) is 52.8 Å². The summed E-state index contributed by atoms with van der Waals surface area (Å²) in [4.78, 5) is 24.0. The van der Waals surface area contributed by atoms with Crippen molar-refractivity contribution in [2.24, 2.45) is 0 Å². The van der Waals surface area contributed by atoms with Gasteiger partial charge in [0.15, 0.2) is 0 Å². The molecule has 0 fully saturated rings. The summed E-state index contributed by atoms with van der Waals surface area (Å²) in [6.07, 6.45) is 3.83. The number of fused-ring (bicyclic) bond motifs is 1. The maximum atomic E-state index is 12.2. The first-order valence-corrected chi connectivity index (χ1v) is 11.8. The van der Waals surface area contributed by atoms with Gasteiger partial charge in [-0.1, -0.05) is 12.1 Å². The molecular weight excluding hydrogens is 446 g/mol. The first-order chi connectivity index (χ1) is 16.9. The molecule has 3 N–H and O–H groups in total. The molecule has 0 saturated carbocycles. The number of hydrogen-bond acceptors (Lipinski definition) is 6. The van der Waals surface area contributed by atoms with Crippen LogP contribution in [0.25, 0.3) is 0 Å². The number of benzene rings is 3. The standard InChI is InChI=1S/C28H29NO6/c1-3-34-28(33)27(32)29-24-15-17(2)26(23-6-4-5-22(23)24)35-21-13-14-25(31)19(16-21)10-7-18-8-11-20(30)12-9-18/h8-9,11-16,30-31H,3-7,10H2,1-2H3,(H,29,32). The Morgan fingerprint density at radius 1 is 0.971 bits per heavy atom. The first-order valence-electron chi connectivity index (χ1n) is 11.8. The van der Waals surface area contributed by atoms with Crippen molar-refractivity contribution in [2.45, 2.75) is 46.0 Å². The second-order valence-corrected chi connectivity index (χ2v) is 8.61. The minimum absolute atomic E-state index is 0.139. The molecule has 0 spiro atoms. The van der Waals surface area contributed by atoms with Crippen LogP contribution in [0.15, 0.2) is 48.5 Å². The zero-order valence-electron chi connectivity index (χ0n) is 19.9. The van der Waals surface area contributed by atoms with E-state index in [1.165, 1.54) is 0 Å². The molecule has 7 nitrogen and oxygen atoms in total. The van der Waals surface area contributed by atoms with Crippen molar-refractivity contribution in [3.05, 3.63) is 76.3 Å². The Labute approximate surface area is 204 Å². The number of ether oxygens (including phenoxy) is 2. The summed E-state index contributed by atoms with van der Waals surface area (Å²) in [5, 5.41) is 22.5. The summed E-state index contributed by atoms with van der Waals surface area (Å²) in [5.74, 6) is 0.0919. The fourth-order valence-corrected chi connectivity index (χ4v) is 4.41. The van der Waals surface area contributed by atoms with Crippen LogP contribution in [0.1, 0.15) is 41.2 Å². The molecule has 1 aliphatic rings. The predicted molar refractivity (Wildman–Crippen MR) is 132 cm³/mol. The number of esters is 1. The van der Waals surface area contributed by atoms with E-state index < -0.39 is 11.9 Å². The van der Waals surface area contributed by atoms with E-state index in [9.17, 15) is 19.8 Å². The Morgan fingerprint density at radius 2 is 1.71 bits per heavy atom. The van der Waals surface area contributed by atoms with Gasteiger partial charge in [0, 0.05) is 11.3 Å². The number of phenols is 2. The first kappa shape index (κ1) is 24.1. The molecule has 0 unspecified atom stereocenters. The Hall–Kier alpha value is -4.00. The van der Waals surface area contributed by atoms with Gasteiger partial charge in [-0.2, -0.15) is 0 Å². The number of anilines is 1. The molecule has 35 heavy (non-hydrogen) atoms. The third-order valence-electron chi connectivity index (χ3n) is 6.14. The molecule has 3 aromatic carbocycles. The Bertz CT molecular complexity index is 1250. The molecule has 0 aromatic heterocycles. The molecule has 4 rings (SSSR count). The molecular formula is C28H29NO6. The highest BCUT2D eigenvalue weighted by Gasteiger charge is 2.25. The lowest BCUT2D eigenvalue weighted by Gasteiger charge is -2.18. The molecule has 0 radical (unpaired) electrons. The van der Waals surface area contributed by atoms with Crippen LogP contribution in [0.2, 0.25) is 0 Å². The van der Waals surface area contributed by atoms with Crippen molar-refractivity contribution in [1.82, 2.24) is 0 Å². The van der Waals surface area contributed by atoms with Crippen molar-refractivity contribution in [1.29, 1.82) is 0 Å². The van der Waals surface area contributed by atoms with Gasteiger partial charge in [-0.25, -0.2) is 4.79 Å². The molecule has 0 saturated heterocycles. The van der Waals surface area contributed by atoms with Crippen molar-refractivity contribution < 1.29 is 29.3 Å². The highest BCUT2D eigenvalue weighted by molar-refractivity contribution is 6.37. The van der Waals surface area contributed by atoms with Gasteiger partial charge in [0.05, 0.1) is 6.61 Å². The van der Waals surface area contributed by atoms with E-state index in [-0.39, 0.29) is 18.1 Å². The van der Waals surface area contributed by atoms with Gasteiger partial charge in [-0.3, -0.25) is 4.79 Å². The van der Waals surface area contributed by atoms with Crippen LogP contribution in [0.5, 0.6) is 23.0 Å². The quantitative estimate of drug-likeness (QED) is 0.329. The van der Waals surface area contributed by atoms with Crippen LogP contribution in [-0.2, 0) is 40.0 Å². The lowest BCUT2D eigenvalue weighted by Crippen LogP contribution is -2.25. The minimum atomic E-state index is -0.902. The number of nitrogens with one attached hydrogen (secondary N) is 1. The maximum Gasteiger partial charge on any atom is 0.397 e. The van der Waals surface area contributed by atoms with E-state index in [0.29, 0.717) is 24.3 Å². The van der Waals surface area contributed by atoms with Gasteiger partial charge >= 0.3 is 11.9 Å². The number of rotatable bonds is 7. The average molecular weight is 476 g/mol. The summed E-state index contributed by atoms with van der Waals surface area (Å²) in [7, 11) is 0. The predicted octanol–water partition coefficient (Wildman–Crippen LogP) is 4.97. The Morgan fingerprint density at radius 3 is 2.46 bits per heavy atom. The second kappa shape index (κ2) is 10.5. The molecule has 3 aromatic rings. The topological polar surface area (TPSA) is 105 Å². The van der Waals surface area contributed by atoms with E-state index in [1.807, 2.05) is 31.2 Å². The summed E-state index contributed by atoms with van der Waals surface area (Å²) in [6, 6.07) is 14.1. The van der Waals surface area contributed by atoms with Crippen molar-refractivity contribution in [2.75, 3.05) is 11.9 Å². The number of phenolic OH excluding ortho intramolecular Hbond substituents is 2. The SMILES string of the molecule is CCOC(=O)C(=O)Nc1cc(C)c(Oc2ccc(O)c(CCc3ccc(O)cc3)c2)c2c1CCC2. The van der Waals surface area contributed by atoms with E-state index >= 15 is 0 Å². The smallest absolute Gasteiger partial charge is 0.397 e. The number of aromatic hydroxyl groups is 2. The molecule has 0 atom stereocenters. The third kappa shape index (κ3) is 5.57. The molecule has 1 amide bonds. The second-order valence-electron chi connectivity index (χ2n) is 8.61. The molecule has 1 aliphatic carbocycles. The van der Waals surface area contributed by atoms with Crippen molar-refractivity contribution >= 4 is 17.6 Å². The molecule has 7 heteroatoms. The highest BCUT2D eigenvalue weighted by atomic mass is 16.5. The van der Waals surface area contributed by atoms with Gasteiger partial charge in [-0.05, 0) is 105 Å². The minimum Gasteiger partial charge on any atom is -0.508 e. The lowest BCUT2D eigenvalue weighted by atomic mass is 10.0. The van der Waals surface area contributed by atoms with E-state index in [2.05, 4.69) is 5.32 Å². The van der Waals surface area contributed by atoms with E-state index in [4.69, 9.17) is 9.47 Å². The van der Waals surface area contributed by atoms with Gasteiger partial charge in [0.1, 0.15) is 23.0 Å². The molecule has 182 valence electrons. The van der Waals surface area contributed by atoms with Gasteiger partial charge in [0.2, 0.25) is 0 Å². The number of aryl methyl sites for hydroxylation is 3. The van der Waals surface area contributed by atoms with Crippen LogP contribution in [0.4, 0.5) is 5.69 Å². The summed E-state index contributed by atoms with van der Waals surface area (Å²) < 4.78 is 11.1. The normalized spacial score (nSPS) is 12.2. The molecule has 0 heterocycles. The van der Waals surface area contributed by atoms with Crippen LogP contribution < -0.4 is 10.1 Å². The average Bonchev–Trinajstić information content (AvgIpc) is 3.33. The zero-order chi connectivity index (χ0) is 24.9. The van der Waals surface area contributed by atoms with Gasteiger partial charge in [0.25, 0.3) is 0 Å². The Balaban J connectivity index is 1.54. The fraction of sp³-hybridized carbons (Fsp3) is 0.286.